The Balaban J connectivity index is 1.71. The van der Waals surface area contributed by atoms with Crippen LogP contribution in [-0.4, -0.2) is 32.6 Å². The largest absolute Gasteiger partial charge is 0.452 e. The molecule has 156 valence electrons. The molecule has 3 aromatic rings. The highest BCUT2D eigenvalue weighted by Crippen LogP contribution is 2.35. The summed E-state index contributed by atoms with van der Waals surface area (Å²) in [6.07, 6.45) is 0. The van der Waals surface area contributed by atoms with Crippen molar-refractivity contribution >= 4 is 23.2 Å². The summed E-state index contributed by atoms with van der Waals surface area (Å²) in [6.45, 7) is 3.31. The Hall–Kier alpha value is -4.21. The van der Waals surface area contributed by atoms with E-state index in [1.165, 1.54) is 18.2 Å². The zero-order chi connectivity index (χ0) is 22.3. The van der Waals surface area contributed by atoms with Gasteiger partial charge < -0.3 is 9.26 Å². The summed E-state index contributed by atoms with van der Waals surface area (Å²) in [4.78, 5) is 53.3. The number of hydrogen-bond donors (Lipinski definition) is 0. The van der Waals surface area contributed by atoms with Gasteiger partial charge in [-0.25, -0.2) is 4.79 Å². The predicted octanol–water partition coefficient (Wildman–Crippen LogP) is 3.23. The number of carbonyl (C=O) groups is 3. The molecule has 10 heteroatoms. The van der Waals surface area contributed by atoms with E-state index < -0.39 is 45.9 Å². The molecule has 0 atom stereocenters. The van der Waals surface area contributed by atoms with Crippen LogP contribution in [0.2, 0.25) is 0 Å². The quantitative estimate of drug-likeness (QED) is 0.269. The van der Waals surface area contributed by atoms with Crippen molar-refractivity contribution in [2.24, 2.45) is 0 Å². The molecule has 0 amide bonds. The highest BCUT2D eigenvalue weighted by molar-refractivity contribution is 6.30. The highest BCUT2D eigenvalue weighted by Gasteiger charge is 2.39. The lowest BCUT2D eigenvalue weighted by atomic mass is 9.82. The lowest BCUT2D eigenvalue weighted by Crippen LogP contribution is -2.23. The molecule has 0 N–H and O–H groups in total. The number of ketones is 2. The highest BCUT2D eigenvalue weighted by atomic mass is 16.6. The third-order valence-corrected chi connectivity index (χ3v) is 4.80. The van der Waals surface area contributed by atoms with E-state index in [-0.39, 0.29) is 28.5 Å². The molecule has 0 radical (unpaired) electrons. The molecule has 1 aliphatic rings. The minimum atomic E-state index is -1.06. The molecule has 0 unspecified atom stereocenters. The van der Waals surface area contributed by atoms with Crippen molar-refractivity contribution in [3.8, 4) is 0 Å². The van der Waals surface area contributed by atoms with Crippen LogP contribution < -0.4 is 0 Å². The van der Waals surface area contributed by atoms with E-state index in [0.717, 1.165) is 6.07 Å². The van der Waals surface area contributed by atoms with Crippen LogP contribution in [0.1, 0.15) is 73.7 Å². The van der Waals surface area contributed by atoms with Crippen LogP contribution in [0.5, 0.6) is 0 Å². The Labute approximate surface area is 175 Å². The van der Waals surface area contributed by atoms with Crippen LogP contribution in [0, 0.1) is 10.1 Å². The van der Waals surface area contributed by atoms with Gasteiger partial charge in [-0.15, -0.1) is 0 Å². The Bertz CT molecular complexity index is 1260. The van der Waals surface area contributed by atoms with E-state index in [0.29, 0.717) is 5.82 Å². The Morgan fingerprint density at radius 2 is 1.77 bits per heavy atom. The van der Waals surface area contributed by atoms with E-state index in [9.17, 15) is 24.5 Å². The second-order valence-electron chi connectivity index (χ2n) is 7.12. The molecule has 0 bridgehead atoms. The fraction of sp³-hybridized carbons (Fsp3) is 0.190. The van der Waals surface area contributed by atoms with Gasteiger partial charge in [-0.3, -0.25) is 19.7 Å². The lowest BCUT2D eigenvalue weighted by molar-refractivity contribution is -0.385. The van der Waals surface area contributed by atoms with Gasteiger partial charge in [0.15, 0.2) is 18.2 Å². The normalized spacial score (nSPS) is 12.5. The van der Waals surface area contributed by atoms with E-state index >= 15 is 0 Å². The Morgan fingerprint density at radius 1 is 1.10 bits per heavy atom. The number of esters is 1. The SMILES string of the molecule is CC(C)c1noc(COC(=O)c2ccc3c(c2[N+](=O)[O-])C(=O)c2ccccc2C3=O)n1. The number of rotatable bonds is 5. The van der Waals surface area contributed by atoms with Gasteiger partial charge in [0, 0.05) is 22.6 Å². The van der Waals surface area contributed by atoms with Crippen LogP contribution in [0.25, 0.3) is 0 Å². The number of hydrogen-bond acceptors (Lipinski definition) is 9. The van der Waals surface area contributed by atoms with Crippen molar-refractivity contribution in [1.82, 2.24) is 10.1 Å². The standard InChI is InChI=1S/C21H15N3O7/c1-10(2)20-22-15(31-23-20)9-30-21(27)14-8-7-13-16(17(14)24(28)29)19(26)12-6-4-3-5-11(12)18(13)25/h3-8,10H,9H2,1-2H3. The van der Waals surface area contributed by atoms with Crippen molar-refractivity contribution in [1.29, 1.82) is 0 Å². The molecule has 0 fully saturated rings. The van der Waals surface area contributed by atoms with Gasteiger partial charge in [-0.1, -0.05) is 43.3 Å². The zero-order valence-corrected chi connectivity index (χ0v) is 16.4. The predicted molar refractivity (Wildman–Crippen MR) is 104 cm³/mol. The topological polar surface area (TPSA) is 142 Å². The molecular formula is C21H15N3O7. The third-order valence-electron chi connectivity index (χ3n) is 4.80. The van der Waals surface area contributed by atoms with Crippen molar-refractivity contribution in [2.45, 2.75) is 26.4 Å². The first kappa shape index (κ1) is 20.1. The van der Waals surface area contributed by atoms with Crippen LogP contribution in [0.4, 0.5) is 5.69 Å². The minimum absolute atomic E-state index is 0.00126. The number of fused-ring (bicyclic) bond motifs is 2. The fourth-order valence-corrected chi connectivity index (χ4v) is 3.29. The van der Waals surface area contributed by atoms with Crippen molar-refractivity contribution in [3.05, 3.63) is 86.0 Å². The summed E-state index contributed by atoms with van der Waals surface area (Å²) in [5.74, 6) is -1.84. The van der Waals surface area contributed by atoms with Crippen LogP contribution in [0.15, 0.2) is 40.9 Å². The van der Waals surface area contributed by atoms with Gasteiger partial charge in [0.1, 0.15) is 11.1 Å². The number of nitro groups is 1. The fourth-order valence-electron chi connectivity index (χ4n) is 3.29. The Morgan fingerprint density at radius 3 is 2.39 bits per heavy atom. The van der Waals surface area contributed by atoms with Crippen LogP contribution in [0.3, 0.4) is 0 Å². The maximum Gasteiger partial charge on any atom is 0.345 e. The van der Waals surface area contributed by atoms with Gasteiger partial charge in [-0.05, 0) is 12.1 Å². The molecule has 0 saturated carbocycles. The van der Waals surface area contributed by atoms with E-state index in [4.69, 9.17) is 9.26 Å². The molecule has 0 saturated heterocycles. The van der Waals surface area contributed by atoms with E-state index in [2.05, 4.69) is 10.1 Å². The van der Waals surface area contributed by atoms with E-state index in [1.807, 2.05) is 13.8 Å². The summed E-state index contributed by atoms with van der Waals surface area (Å²) in [5, 5.41) is 15.5. The van der Waals surface area contributed by atoms with Gasteiger partial charge in [-0.2, -0.15) is 4.98 Å². The van der Waals surface area contributed by atoms with Crippen molar-refractivity contribution in [3.63, 3.8) is 0 Å². The molecule has 0 aliphatic heterocycles. The maximum atomic E-state index is 13.0. The number of nitrogens with zero attached hydrogens (tertiary/aromatic N) is 3. The number of ether oxygens (including phenoxy) is 1. The molecular weight excluding hydrogens is 406 g/mol. The van der Waals surface area contributed by atoms with Gasteiger partial charge in [0.05, 0.1) is 4.92 Å². The molecule has 31 heavy (non-hydrogen) atoms. The second kappa shape index (κ2) is 7.56. The summed E-state index contributed by atoms with van der Waals surface area (Å²) < 4.78 is 10.1. The van der Waals surface area contributed by atoms with Gasteiger partial charge in [0.25, 0.3) is 11.6 Å². The molecule has 0 spiro atoms. The molecule has 1 aromatic heterocycles. The molecule has 1 heterocycles. The molecule has 4 rings (SSSR count). The number of aromatic nitrogens is 2. The first-order chi connectivity index (χ1) is 14.8. The third kappa shape index (κ3) is 3.37. The molecule has 10 nitrogen and oxygen atoms in total. The summed E-state index contributed by atoms with van der Waals surface area (Å²) in [5.41, 5.74) is -1.59. The minimum Gasteiger partial charge on any atom is -0.452 e. The average molecular weight is 421 g/mol. The van der Waals surface area contributed by atoms with Crippen molar-refractivity contribution < 1.29 is 28.6 Å². The van der Waals surface area contributed by atoms with Crippen LogP contribution >= 0.6 is 0 Å². The number of carbonyl (C=O) groups excluding carboxylic acids is 3. The lowest BCUT2D eigenvalue weighted by Gasteiger charge is -2.18. The van der Waals surface area contributed by atoms with Gasteiger partial charge >= 0.3 is 5.97 Å². The smallest absolute Gasteiger partial charge is 0.345 e. The monoisotopic (exact) mass is 421 g/mol. The maximum absolute atomic E-state index is 13.0. The molecule has 1 aliphatic carbocycles. The van der Waals surface area contributed by atoms with Gasteiger partial charge in [0.2, 0.25) is 5.78 Å². The van der Waals surface area contributed by atoms with Crippen molar-refractivity contribution in [2.75, 3.05) is 0 Å². The number of nitro benzene ring substituents is 1. The van der Waals surface area contributed by atoms with E-state index in [1.54, 1.807) is 12.1 Å². The summed E-state index contributed by atoms with van der Waals surface area (Å²) >= 11 is 0. The summed E-state index contributed by atoms with van der Waals surface area (Å²) in [6, 6.07) is 8.36. The summed E-state index contributed by atoms with van der Waals surface area (Å²) in [7, 11) is 0. The zero-order valence-electron chi connectivity index (χ0n) is 16.4. The first-order valence-electron chi connectivity index (χ1n) is 9.29. The number of benzene rings is 2. The second-order valence-corrected chi connectivity index (χ2v) is 7.12. The Kier molecular flexibility index (Phi) is 4.90. The average Bonchev–Trinajstić information content (AvgIpc) is 3.24. The molecule has 2 aromatic carbocycles. The first-order valence-corrected chi connectivity index (χ1v) is 9.29. The van der Waals surface area contributed by atoms with Crippen LogP contribution in [-0.2, 0) is 11.3 Å².